The molecule has 3 aromatic rings. The third-order valence-corrected chi connectivity index (χ3v) is 5.19. The maximum atomic E-state index is 12.9. The van der Waals surface area contributed by atoms with Crippen LogP contribution in [0.5, 0.6) is 5.75 Å². The molecule has 1 atom stereocenters. The lowest BCUT2D eigenvalue weighted by Crippen LogP contribution is -2.30. The van der Waals surface area contributed by atoms with Gasteiger partial charge in [-0.15, -0.1) is 0 Å². The van der Waals surface area contributed by atoms with Gasteiger partial charge in [-0.1, -0.05) is 37.6 Å². The topological polar surface area (TPSA) is 67.9 Å². The number of para-hydroxylation sites is 1. The highest BCUT2D eigenvalue weighted by Crippen LogP contribution is 2.39. The van der Waals surface area contributed by atoms with E-state index in [1.54, 1.807) is 12.3 Å². The Morgan fingerprint density at radius 3 is 2.86 bits per heavy atom. The Morgan fingerprint density at radius 1 is 1.34 bits per heavy atom. The largest absolute Gasteiger partial charge is 0.492 e. The van der Waals surface area contributed by atoms with Crippen LogP contribution in [0.1, 0.15) is 44.6 Å². The third-order valence-electron chi connectivity index (χ3n) is 4.88. The van der Waals surface area contributed by atoms with Gasteiger partial charge >= 0.3 is 0 Å². The highest BCUT2D eigenvalue weighted by atomic mass is 35.5. The van der Waals surface area contributed by atoms with Crippen molar-refractivity contribution in [2.24, 2.45) is 11.0 Å². The van der Waals surface area contributed by atoms with Gasteiger partial charge in [-0.3, -0.25) is 4.79 Å². The lowest BCUT2D eigenvalue weighted by molar-refractivity contribution is -0.136. The van der Waals surface area contributed by atoms with E-state index >= 15 is 0 Å². The first-order valence-corrected chi connectivity index (χ1v) is 10.0. The summed E-state index contributed by atoms with van der Waals surface area (Å²) in [4.78, 5) is 17.5. The number of hydrogen-bond donors (Lipinski definition) is 0. The van der Waals surface area contributed by atoms with Crippen LogP contribution in [0.2, 0.25) is 5.15 Å². The standard InChI is InChI=1S/C22H22ClN3O3/c1-4-28-19-8-5-7-14-11-15(21(23)24-20(14)19)17-12-16(18-9-6-10-29-18)25-26(17)22(27)13(2)3/h5-11,13,17H,4,12H2,1-3H3/t17-/m1/s1. The van der Waals surface area contributed by atoms with Crippen LogP contribution in [0, 0.1) is 5.92 Å². The number of ether oxygens (including phenoxy) is 1. The highest BCUT2D eigenvalue weighted by molar-refractivity contribution is 6.30. The van der Waals surface area contributed by atoms with Crippen molar-refractivity contribution in [1.82, 2.24) is 9.99 Å². The predicted octanol–water partition coefficient (Wildman–Crippen LogP) is 5.21. The molecule has 0 saturated carbocycles. The van der Waals surface area contributed by atoms with E-state index in [2.05, 4.69) is 10.1 Å². The summed E-state index contributed by atoms with van der Waals surface area (Å²) in [5, 5.41) is 7.33. The second-order valence-electron chi connectivity index (χ2n) is 7.21. The molecule has 0 saturated heterocycles. The third kappa shape index (κ3) is 3.60. The normalized spacial score (nSPS) is 16.5. The molecule has 1 aromatic carbocycles. The average Bonchev–Trinajstić information content (AvgIpc) is 3.37. The second-order valence-corrected chi connectivity index (χ2v) is 7.57. The molecule has 0 unspecified atom stereocenters. The van der Waals surface area contributed by atoms with Gasteiger partial charge < -0.3 is 9.15 Å². The van der Waals surface area contributed by atoms with Crippen molar-refractivity contribution >= 4 is 34.1 Å². The Kier molecular flexibility index (Phi) is 5.28. The lowest BCUT2D eigenvalue weighted by Gasteiger charge is -2.24. The van der Waals surface area contributed by atoms with Gasteiger partial charge in [-0.25, -0.2) is 9.99 Å². The van der Waals surface area contributed by atoms with Crippen molar-refractivity contribution in [2.75, 3.05) is 6.61 Å². The van der Waals surface area contributed by atoms with Crippen LogP contribution in [0.3, 0.4) is 0 Å². The average molecular weight is 412 g/mol. The summed E-state index contributed by atoms with van der Waals surface area (Å²) < 4.78 is 11.2. The van der Waals surface area contributed by atoms with E-state index in [0.29, 0.717) is 40.9 Å². The van der Waals surface area contributed by atoms with Crippen molar-refractivity contribution in [3.8, 4) is 5.75 Å². The highest BCUT2D eigenvalue weighted by Gasteiger charge is 2.36. The number of rotatable bonds is 5. The minimum Gasteiger partial charge on any atom is -0.492 e. The Balaban J connectivity index is 1.78. The van der Waals surface area contributed by atoms with Crippen LogP contribution < -0.4 is 4.74 Å². The van der Waals surface area contributed by atoms with Crippen LogP contribution in [0.4, 0.5) is 0 Å². The zero-order chi connectivity index (χ0) is 20.5. The van der Waals surface area contributed by atoms with E-state index in [-0.39, 0.29) is 17.9 Å². The molecule has 0 spiro atoms. The fraction of sp³-hybridized carbons (Fsp3) is 0.318. The van der Waals surface area contributed by atoms with Crippen molar-refractivity contribution in [3.05, 3.63) is 59.1 Å². The molecule has 0 fully saturated rings. The van der Waals surface area contributed by atoms with E-state index in [1.165, 1.54) is 5.01 Å². The maximum Gasteiger partial charge on any atom is 0.245 e. The molecule has 0 N–H and O–H groups in total. The molecule has 29 heavy (non-hydrogen) atoms. The summed E-state index contributed by atoms with van der Waals surface area (Å²) >= 11 is 6.60. The number of halogens is 1. The molecule has 3 heterocycles. The Hall–Kier alpha value is -2.86. The van der Waals surface area contributed by atoms with Gasteiger partial charge in [0, 0.05) is 23.3 Å². The minimum absolute atomic E-state index is 0.0733. The first-order chi connectivity index (χ1) is 14.0. The zero-order valence-electron chi connectivity index (χ0n) is 16.6. The van der Waals surface area contributed by atoms with Crippen LogP contribution in [-0.2, 0) is 4.79 Å². The Labute approximate surface area is 174 Å². The molecule has 7 heteroatoms. The van der Waals surface area contributed by atoms with E-state index in [4.69, 9.17) is 20.8 Å². The number of fused-ring (bicyclic) bond motifs is 1. The molecule has 1 aliphatic heterocycles. The number of benzene rings is 1. The quantitative estimate of drug-likeness (QED) is 0.540. The minimum atomic E-state index is -0.342. The number of furan rings is 1. The van der Waals surface area contributed by atoms with Gasteiger partial charge in [0.05, 0.1) is 18.9 Å². The van der Waals surface area contributed by atoms with E-state index < -0.39 is 0 Å². The summed E-state index contributed by atoms with van der Waals surface area (Å²) in [7, 11) is 0. The molecule has 6 nitrogen and oxygen atoms in total. The van der Waals surface area contributed by atoms with Crippen molar-refractivity contribution in [1.29, 1.82) is 0 Å². The van der Waals surface area contributed by atoms with E-state index in [0.717, 1.165) is 10.9 Å². The first-order valence-electron chi connectivity index (χ1n) is 9.66. The summed E-state index contributed by atoms with van der Waals surface area (Å²) in [5.74, 6) is 1.06. The van der Waals surface area contributed by atoms with Crippen LogP contribution in [-0.4, -0.2) is 28.2 Å². The number of hydrogen-bond acceptors (Lipinski definition) is 5. The molecular formula is C22H22ClN3O3. The zero-order valence-corrected chi connectivity index (χ0v) is 17.3. The number of hydrazone groups is 1. The smallest absolute Gasteiger partial charge is 0.245 e. The van der Waals surface area contributed by atoms with Gasteiger partial charge in [-0.2, -0.15) is 5.10 Å². The molecule has 1 amide bonds. The molecular weight excluding hydrogens is 390 g/mol. The summed E-state index contributed by atoms with van der Waals surface area (Å²) in [5.41, 5.74) is 2.18. The monoisotopic (exact) mass is 411 g/mol. The fourth-order valence-electron chi connectivity index (χ4n) is 3.48. The van der Waals surface area contributed by atoms with Gasteiger partial charge in [0.15, 0.2) is 0 Å². The lowest BCUT2D eigenvalue weighted by atomic mass is 10.00. The molecule has 0 radical (unpaired) electrons. The maximum absolute atomic E-state index is 12.9. The van der Waals surface area contributed by atoms with E-state index in [9.17, 15) is 4.79 Å². The number of carbonyl (C=O) groups is 1. The van der Waals surface area contributed by atoms with E-state index in [1.807, 2.05) is 51.1 Å². The molecule has 4 rings (SSSR count). The Bertz CT molecular complexity index is 1080. The predicted molar refractivity (Wildman–Crippen MR) is 112 cm³/mol. The molecule has 0 bridgehead atoms. The Morgan fingerprint density at radius 2 is 2.17 bits per heavy atom. The summed E-state index contributed by atoms with van der Waals surface area (Å²) in [6, 6.07) is 11.0. The molecule has 1 aliphatic rings. The molecule has 2 aromatic heterocycles. The first kappa shape index (κ1) is 19.5. The SMILES string of the molecule is CCOc1cccc2cc([C@H]3CC(c4ccco4)=NN3C(=O)C(C)C)c(Cl)nc12. The number of aromatic nitrogens is 1. The number of nitrogens with zero attached hydrogens (tertiary/aromatic N) is 3. The number of pyridine rings is 1. The van der Waals surface area contributed by atoms with Crippen LogP contribution in [0.15, 0.2) is 52.2 Å². The second kappa shape index (κ2) is 7.87. The molecule has 0 aliphatic carbocycles. The number of carbonyl (C=O) groups excluding carboxylic acids is 1. The summed E-state index contributed by atoms with van der Waals surface area (Å²) in [6.45, 7) is 6.18. The van der Waals surface area contributed by atoms with Crippen molar-refractivity contribution in [3.63, 3.8) is 0 Å². The van der Waals surface area contributed by atoms with Crippen molar-refractivity contribution in [2.45, 2.75) is 33.2 Å². The van der Waals surface area contributed by atoms with Crippen LogP contribution in [0.25, 0.3) is 10.9 Å². The fourth-order valence-corrected chi connectivity index (χ4v) is 3.75. The van der Waals surface area contributed by atoms with Gasteiger partial charge in [0.1, 0.15) is 27.9 Å². The van der Waals surface area contributed by atoms with Crippen molar-refractivity contribution < 1.29 is 13.9 Å². The van der Waals surface area contributed by atoms with Crippen LogP contribution >= 0.6 is 11.6 Å². The van der Waals surface area contributed by atoms with Gasteiger partial charge in [0.25, 0.3) is 0 Å². The molecule has 150 valence electrons. The van der Waals surface area contributed by atoms with Gasteiger partial charge in [0.2, 0.25) is 5.91 Å². The number of amides is 1. The summed E-state index contributed by atoms with van der Waals surface area (Å²) in [6.07, 6.45) is 2.10. The van der Waals surface area contributed by atoms with Gasteiger partial charge in [-0.05, 0) is 31.2 Å².